The Labute approximate surface area is 189 Å². The number of allylic oxidation sites excluding steroid dienone is 3. The highest BCUT2D eigenvalue weighted by Crippen LogP contribution is 2.41. The van der Waals surface area contributed by atoms with Crippen LogP contribution in [-0.2, 0) is 18.6 Å². The molecule has 180 valence electrons. The maximum atomic E-state index is 11.5. The van der Waals surface area contributed by atoms with Crippen molar-refractivity contribution in [2.45, 2.75) is 76.3 Å². The Kier molecular flexibility index (Phi) is 10.1. The minimum Gasteiger partial charge on any atom is -0.454 e. The van der Waals surface area contributed by atoms with Crippen LogP contribution in [0.3, 0.4) is 0 Å². The zero-order valence-corrected chi connectivity index (χ0v) is 19.5. The first kappa shape index (κ1) is 26.7. The van der Waals surface area contributed by atoms with E-state index in [0.717, 1.165) is 12.8 Å². The number of carbonyl (C=O) groups excluding carboxylic acids is 1. The van der Waals surface area contributed by atoms with Crippen LogP contribution in [0.5, 0.6) is 0 Å². The number of aliphatic hydroxyl groups excluding tert-OH is 1. The third kappa shape index (κ3) is 9.53. The van der Waals surface area contributed by atoms with Crippen molar-refractivity contribution in [1.29, 1.82) is 0 Å². The van der Waals surface area contributed by atoms with Crippen molar-refractivity contribution in [1.82, 2.24) is 0 Å². The van der Waals surface area contributed by atoms with E-state index < -0.39 is 37.7 Å². The van der Waals surface area contributed by atoms with Gasteiger partial charge in [0.1, 0.15) is 17.8 Å². The highest BCUT2D eigenvalue weighted by atomic mass is 31.2. The van der Waals surface area contributed by atoms with Gasteiger partial charge in [-0.2, -0.15) is 0 Å². The van der Waals surface area contributed by atoms with Gasteiger partial charge in [-0.05, 0) is 31.8 Å². The molecule has 1 aliphatic heterocycles. The maximum Gasteiger partial charge on any atom is 0.469 e. The quantitative estimate of drug-likeness (QED) is 0.165. The third-order valence-electron chi connectivity index (χ3n) is 5.78. The molecule has 2 aliphatic rings. The summed E-state index contributed by atoms with van der Waals surface area (Å²) in [5, 5.41) is 21.2. The number of rotatable bonds is 10. The Balaban J connectivity index is 2.03. The normalized spacial score (nSPS) is 27.1. The number of phosphoric ester groups is 1. The lowest BCUT2D eigenvalue weighted by atomic mass is 9.89. The molecular weight excluding hydrogens is 435 g/mol. The summed E-state index contributed by atoms with van der Waals surface area (Å²) in [5.74, 6) is -0.110. The number of ether oxygens (including phenoxy) is 1. The average Bonchev–Trinajstić information content (AvgIpc) is 2.71. The Bertz CT molecular complexity index is 773. The summed E-state index contributed by atoms with van der Waals surface area (Å²) >= 11 is 0. The molecular formula is C23H35O8P. The molecule has 5 atom stereocenters. The summed E-state index contributed by atoms with van der Waals surface area (Å²) in [6.45, 7) is 3.14. The van der Waals surface area contributed by atoms with E-state index in [0.29, 0.717) is 5.92 Å². The Hall–Kier alpha value is -1.54. The van der Waals surface area contributed by atoms with Crippen molar-refractivity contribution in [2.75, 3.05) is 0 Å². The van der Waals surface area contributed by atoms with Crippen molar-refractivity contribution in [2.24, 2.45) is 11.8 Å². The van der Waals surface area contributed by atoms with E-state index in [4.69, 9.17) is 9.26 Å². The van der Waals surface area contributed by atoms with E-state index >= 15 is 0 Å². The second-order valence-electron chi connectivity index (χ2n) is 8.76. The van der Waals surface area contributed by atoms with Gasteiger partial charge in [0, 0.05) is 18.4 Å². The number of aliphatic hydroxyl groups is 2. The Morgan fingerprint density at radius 2 is 1.94 bits per heavy atom. The summed E-state index contributed by atoms with van der Waals surface area (Å²) in [5.41, 5.74) is -1.85. The average molecular weight is 470 g/mol. The van der Waals surface area contributed by atoms with Crippen LogP contribution in [0.1, 0.15) is 52.4 Å². The molecule has 2 rings (SSSR count). The molecule has 8 nitrogen and oxygen atoms in total. The van der Waals surface area contributed by atoms with Crippen LogP contribution in [0.15, 0.2) is 48.6 Å². The molecule has 1 aliphatic carbocycles. The van der Waals surface area contributed by atoms with E-state index in [1.165, 1.54) is 50.5 Å². The van der Waals surface area contributed by atoms with Gasteiger partial charge in [0.25, 0.3) is 0 Å². The fourth-order valence-electron chi connectivity index (χ4n) is 3.82. The van der Waals surface area contributed by atoms with Gasteiger partial charge in [0.2, 0.25) is 0 Å². The van der Waals surface area contributed by atoms with Gasteiger partial charge < -0.3 is 24.7 Å². The predicted molar refractivity (Wildman–Crippen MR) is 120 cm³/mol. The van der Waals surface area contributed by atoms with E-state index in [1.807, 2.05) is 13.0 Å². The number of esters is 1. The van der Waals surface area contributed by atoms with E-state index in [2.05, 4.69) is 6.08 Å². The number of phosphoric acid groups is 1. The lowest BCUT2D eigenvalue weighted by molar-refractivity contribution is -0.143. The van der Waals surface area contributed by atoms with Gasteiger partial charge in [-0.3, -0.25) is 4.52 Å². The molecule has 4 N–H and O–H groups in total. The summed E-state index contributed by atoms with van der Waals surface area (Å²) in [6, 6.07) is 0. The van der Waals surface area contributed by atoms with Gasteiger partial charge in [0.15, 0.2) is 0 Å². The zero-order valence-electron chi connectivity index (χ0n) is 18.6. The van der Waals surface area contributed by atoms with Crippen LogP contribution in [0.25, 0.3) is 0 Å². The molecule has 0 saturated heterocycles. The smallest absolute Gasteiger partial charge is 0.454 e. The minimum atomic E-state index is -4.94. The molecule has 1 fully saturated rings. The van der Waals surface area contributed by atoms with Crippen LogP contribution < -0.4 is 0 Å². The zero-order chi connectivity index (χ0) is 23.8. The molecule has 1 heterocycles. The molecule has 9 heteroatoms. The Morgan fingerprint density at radius 1 is 1.25 bits per heavy atom. The van der Waals surface area contributed by atoms with Crippen molar-refractivity contribution in [3.05, 3.63) is 48.6 Å². The topological polar surface area (TPSA) is 134 Å². The third-order valence-corrected chi connectivity index (χ3v) is 6.31. The first-order valence-electron chi connectivity index (χ1n) is 11.0. The molecule has 32 heavy (non-hydrogen) atoms. The first-order chi connectivity index (χ1) is 15.0. The summed E-state index contributed by atoms with van der Waals surface area (Å²) in [7, 11) is -4.94. The lowest BCUT2D eigenvalue weighted by Crippen LogP contribution is -2.41. The molecule has 0 aromatic carbocycles. The number of cyclic esters (lactones) is 1. The highest BCUT2D eigenvalue weighted by Gasteiger charge is 2.37. The molecule has 0 spiro atoms. The van der Waals surface area contributed by atoms with Crippen LogP contribution in [-0.4, -0.2) is 49.9 Å². The number of hydrogen-bond donors (Lipinski definition) is 4. The van der Waals surface area contributed by atoms with Gasteiger partial charge in [-0.25, -0.2) is 9.36 Å². The Morgan fingerprint density at radius 3 is 2.59 bits per heavy atom. The highest BCUT2D eigenvalue weighted by molar-refractivity contribution is 7.46. The van der Waals surface area contributed by atoms with E-state index in [1.54, 1.807) is 12.2 Å². The summed E-state index contributed by atoms with van der Waals surface area (Å²) in [6.07, 6.45) is 15.5. The van der Waals surface area contributed by atoms with Gasteiger partial charge in [-0.15, -0.1) is 0 Å². The minimum absolute atomic E-state index is 0.134. The second-order valence-corrected chi connectivity index (χ2v) is 9.95. The number of hydrogen-bond acceptors (Lipinski definition) is 6. The van der Waals surface area contributed by atoms with Gasteiger partial charge in [0.05, 0.1) is 6.10 Å². The van der Waals surface area contributed by atoms with Crippen LogP contribution in [0, 0.1) is 11.8 Å². The second kappa shape index (κ2) is 12.1. The van der Waals surface area contributed by atoms with Crippen LogP contribution in [0.2, 0.25) is 0 Å². The molecule has 1 saturated carbocycles. The van der Waals surface area contributed by atoms with Crippen LogP contribution >= 0.6 is 7.82 Å². The van der Waals surface area contributed by atoms with Crippen LogP contribution in [0.4, 0.5) is 0 Å². The molecule has 0 bridgehead atoms. The molecule has 0 radical (unpaired) electrons. The van der Waals surface area contributed by atoms with Crippen molar-refractivity contribution < 1.29 is 38.6 Å². The molecule has 5 unspecified atom stereocenters. The maximum absolute atomic E-state index is 11.5. The fourth-order valence-corrected chi connectivity index (χ4v) is 4.46. The van der Waals surface area contributed by atoms with Gasteiger partial charge in [-0.1, -0.05) is 62.6 Å². The predicted octanol–water partition coefficient (Wildman–Crippen LogP) is 3.33. The molecule has 0 aromatic rings. The monoisotopic (exact) mass is 470 g/mol. The lowest BCUT2D eigenvalue weighted by Gasteiger charge is -2.32. The molecule has 0 amide bonds. The molecule has 0 aromatic heterocycles. The van der Waals surface area contributed by atoms with E-state index in [-0.39, 0.29) is 12.3 Å². The van der Waals surface area contributed by atoms with E-state index in [9.17, 15) is 29.4 Å². The summed E-state index contributed by atoms with van der Waals surface area (Å²) < 4.78 is 21.4. The SMILES string of the molecule is CC1C=CC(=O)OC1/C=C/C(C)(O)C(CC(O)/C=C\C=C/C1CCCCC1)OP(=O)(O)O. The standard InChI is InChI=1S/C23H35O8P/c1-17-12-13-22(25)30-20(17)14-15-23(2,26)21(31-32(27,28)29)16-19(24)11-7-6-10-18-8-4-3-5-9-18/h6-7,10-15,17-21,24,26H,3-5,8-9,16H2,1-2H3,(H2,27,28,29)/b10-6-,11-7-,15-14+. The van der Waals surface area contributed by atoms with Gasteiger partial charge >= 0.3 is 13.8 Å². The van der Waals surface area contributed by atoms with Crippen molar-refractivity contribution in [3.8, 4) is 0 Å². The first-order valence-corrected chi connectivity index (χ1v) is 12.6. The number of carbonyl (C=O) groups is 1. The van der Waals surface area contributed by atoms with Crippen molar-refractivity contribution >= 4 is 13.8 Å². The summed E-state index contributed by atoms with van der Waals surface area (Å²) in [4.78, 5) is 30.0. The van der Waals surface area contributed by atoms with Crippen molar-refractivity contribution in [3.63, 3.8) is 0 Å². The fraction of sp³-hybridized carbons (Fsp3) is 0.609. The largest absolute Gasteiger partial charge is 0.469 e.